The van der Waals surface area contributed by atoms with Crippen molar-refractivity contribution >= 4 is 45.8 Å². The number of benzene rings is 2. The van der Waals surface area contributed by atoms with Crippen molar-refractivity contribution in [2.24, 2.45) is 0 Å². The minimum atomic E-state index is -0.254. The molecule has 5 heteroatoms. The second kappa shape index (κ2) is 6.51. The summed E-state index contributed by atoms with van der Waals surface area (Å²) in [5.41, 5.74) is 1.65. The number of carbonyl (C=O) groups is 2. The lowest BCUT2D eigenvalue weighted by molar-refractivity contribution is -0.114. The Morgan fingerprint density at radius 1 is 0.950 bits per heavy atom. The molecule has 0 fully saturated rings. The average Bonchev–Trinajstić information content (AvgIpc) is 2.41. The Morgan fingerprint density at radius 3 is 2.25 bits per heavy atom. The van der Waals surface area contributed by atoms with Gasteiger partial charge in [0.25, 0.3) is 5.91 Å². The maximum absolute atomic E-state index is 12.2. The van der Waals surface area contributed by atoms with Crippen molar-refractivity contribution in [3.05, 3.63) is 57.7 Å². The molecule has 0 saturated carbocycles. The lowest BCUT2D eigenvalue weighted by Gasteiger charge is -2.10. The Morgan fingerprint density at radius 2 is 1.60 bits per heavy atom. The summed E-state index contributed by atoms with van der Waals surface area (Å²) in [7, 11) is 0. The van der Waals surface area contributed by atoms with Crippen LogP contribution in [0.5, 0.6) is 0 Å². The highest BCUT2D eigenvalue weighted by Crippen LogP contribution is 2.18. The zero-order chi connectivity index (χ0) is 14.5. The van der Waals surface area contributed by atoms with Crippen LogP contribution in [0.2, 0.25) is 0 Å². The van der Waals surface area contributed by atoms with Crippen molar-refractivity contribution in [3.8, 4) is 0 Å². The third-order valence-corrected chi connectivity index (χ3v) is 3.30. The lowest BCUT2D eigenvalue weighted by Crippen LogP contribution is -2.16. The molecule has 0 saturated heterocycles. The minimum absolute atomic E-state index is 0.209. The highest BCUT2D eigenvalue weighted by molar-refractivity contribution is 14.1. The Labute approximate surface area is 130 Å². The SMILES string of the molecule is CC(=O)Nc1ccccc1C(=O)Nc1ccc(I)cc1. The summed E-state index contributed by atoms with van der Waals surface area (Å²) in [4.78, 5) is 23.4. The van der Waals surface area contributed by atoms with Crippen LogP contribution in [0.15, 0.2) is 48.5 Å². The molecule has 2 aromatic rings. The van der Waals surface area contributed by atoms with E-state index in [1.54, 1.807) is 24.3 Å². The van der Waals surface area contributed by atoms with Gasteiger partial charge in [0.05, 0.1) is 11.3 Å². The fourth-order valence-electron chi connectivity index (χ4n) is 1.71. The zero-order valence-corrected chi connectivity index (χ0v) is 13.0. The second-order valence-electron chi connectivity index (χ2n) is 4.19. The minimum Gasteiger partial charge on any atom is -0.326 e. The quantitative estimate of drug-likeness (QED) is 0.801. The van der Waals surface area contributed by atoms with E-state index in [0.717, 1.165) is 3.57 Å². The molecular weight excluding hydrogens is 367 g/mol. The zero-order valence-electron chi connectivity index (χ0n) is 10.8. The Bertz CT molecular complexity index is 639. The predicted octanol–water partition coefficient (Wildman–Crippen LogP) is 3.50. The molecule has 0 aromatic heterocycles. The topological polar surface area (TPSA) is 58.2 Å². The van der Waals surface area contributed by atoms with Gasteiger partial charge in [-0.05, 0) is 59.0 Å². The van der Waals surface area contributed by atoms with Crippen LogP contribution in [0.3, 0.4) is 0 Å². The molecule has 2 aromatic carbocycles. The number of nitrogens with one attached hydrogen (secondary N) is 2. The highest BCUT2D eigenvalue weighted by Gasteiger charge is 2.11. The molecule has 2 N–H and O–H groups in total. The van der Waals surface area contributed by atoms with E-state index >= 15 is 0 Å². The van der Waals surface area contributed by atoms with Crippen molar-refractivity contribution in [1.29, 1.82) is 0 Å². The molecule has 0 aliphatic carbocycles. The lowest BCUT2D eigenvalue weighted by atomic mass is 10.1. The van der Waals surface area contributed by atoms with Gasteiger partial charge in [-0.1, -0.05) is 12.1 Å². The van der Waals surface area contributed by atoms with Crippen LogP contribution >= 0.6 is 22.6 Å². The number of hydrogen-bond acceptors (Lipinski definition) is 2. The van der Waals surface area contributed by atoms with Gasteiger partial charge in [-0.15, -0.1) is 0 Å². The Kier molecular flexibility index (Phi) is 4.73. The van der Waals surface area contributed by atoms with E-state index in [2.05, 4.69) is 33.2 Å². The van der Waals surface area contributed by atoms with E-state index in [1.807, 2.05) is 24.3 Å². The predicted molar refractivity (Wildman–Crippen MR) is 87.9 cm³/mol. The molecule has 2 amide bonds. The number of hydrogen-bond donors (Lipinski definition) is 2. The number of rotatable bonds is 3. The van der Waals surface area contributed by atoms with Gasteiger partial charge in [-0.3, -0.25) is 9.59 Å². The standard InChI is InChI=1S/C15H13IN2O2/c1-10(19)17-14-5-3-2-4-13(14)15(20)18-12-8-6-11(16)7-9-12/h2-9H,1H3,(H,17,19)(H,18,20). The van der Waals surface area contributed by atoms with Crippen LogP contribution in [0, 0.1) is 3.57 Å². The largest absolute Gasteiger partial charge is 0.326 e. The van der Waals surface area contributed by atoms with Gasteiger partial charge in [0.2, 0.25) is 5.91 Å². The average molecular weight is 380 g/mol. The molecule has 0 unspecified atom stereocenters. The van der Waals surface area contributed by atoms with Gasteiger partial charge in [0.1, 0.15) is 0 Å². The first-order valence-electron chi connectivity index (χ1n) is 6.00. The van der Waals surface area contributed by atoms with E-state index in [4.69, 9.17) is 0 Å². The van der Waals surface area contributed by atoms with Gasteiger partial charge in [-0.25, -0.2) is 0 Å². The van der Waals surface area contributed by atoms with Gasteiger partial charge < -0.3 is 10.6 Å². The molecule has 4 nitrogen and oxygen atoms in total. The normalized spacial score (nSPS) is 9.90. The fraction of sp³-hybridized carbons (Fsp3) is 0.0667. The molecule has 2 rings (SSSR count). The Hall–Kier alpha value is -1.89. The van der Waals surface area contributed by atoms with Crippen molar-refractivity contribution in [1.82, 2.24) is 0 Å². The summed E-state index contributed by atoms with van der Waals surface area (Å²) in [5, 5.41) is 5.45. The molecule has 20 heavy (non-hydrogen) atoms. The van der Waals surface area contributed by atoms with E-state index < -0.39 is 0 Å². The van der Waals surface area contributed by atoms with E-state index in [9.17, 15) is 9.59 Å². The first-order valence-corrected chi connectivity index (χ1v) is 7.07. The molecule has 0 bridgehead atoms. The highest BCUT2D eigenvalue weighted by atomic mass is 127. The molecule has 0 aliphatic heterocycles. The summed E-state index contributed by atoms with van der Waals surface area (Å²) >= 11 is 2.20. The van der Waals surface area contributed by atoms with Crippen LogP contribution in [0.1, 0.15) is 17.3 Å². The molecular formula is C15H13IN2O2. The van der Waals surface area contributed by atoms with E-state index in [-0.39, 0.29) is 11.8 Å². The number of carbonyl (C=O) groups excluding carboxylic acids is 2. The van der Waals surface area contributed by atoms with E-state index in [0.29, 0.717) is 16.9 Å². The van der Waals surface area contributed by atoms with Crippen LogP contribution in [-0.2, 0) is 4.79 Å². The first-order chi connectivity index (χ1) is 9.56. The van der Waals surface area contributed by atoms with Crippen LogP contribution in [0.25, 0.3) is 0 Å². The molecule has 102 valence electrons. The number of amides is 2. The Balaban J connectivity index is 2.20. The molecule has 0 spiro atoms. The number of halogens is 1. The van der Waals surface area contributed by atoms with Crippen LogP contribution in [0.4, 0.5) is 11.4 Å². The van der Waals surface area contributed by atoms with Crippen molar-refractivity contribution in [2.45, 2.75) is 6.92 Å². The summed E-state index contributed by atoms with van der Waals surface area (Å²) in [6.45, 7) is 1.41. The molecule has 0 heterocycles. The number of para-hydroxylation sites is 1. The van der Waals surface area contributed by atoms with E-state index in [1.165, 1.54) is 6.92 Å². The van der Waals surface area contributed by atoms with Gasteiger partial charge in [-0.2, -0.15) is 0 Å². The third-order valence-electron chi connectivity index (χ3n) is 2.58. The molecule has 0 atom stereocenters. The maximum Gasteiger partial charge on any atom is 0.257 e. The van der Waals surface area contributed by atoms with Gasteiger partial charge in [0.15, 0.2) is 0 Å². The molecule has 0 radical (unpaired) electrons. The molecule has 0 aliphatic rings. The second-order valence-corrected chi connectivity index (χ2v) is 5.43. The summed E-state index contributed by atoms with van der Waals surface area (Å²) < 4.78 is 1.10. The van der Waals surface area contributed by atoms with Gasteiger partial charge >= 0.3 is 0 Å². The van der Waals surface area contributed by atoms with Crippen LogP contribution in [-0.4, -0.2) is 11.8 Å². The van der Waals surface area contributed by atoms with Gasteiger partial charge in [0, 0.05) is 16.2 Å². The monoisotopic (exact) mass is 380 g/mol. The van der Waals surface area contributed by atoms with Crippen molar-refractivity contribution in [3.63, 3.8) is 0 Å². The summed E-state index contributed by atoms with van der Waals surface area (Å²) in [5.74, 6) is -0.463. The van der Waals surface area contributed by atoms with Crippen LogP contribution < -0.4 is 10.6 Å². The smallest absolute Gasteiger partial charge is 0.257 e. The van der Waals surface area contributed by atoms with Crippen molar-refractivity contribution in [2.75, 3.05) is 10.6 Å². The first kappa shape index (κ1) is 14.5. The summed E-state index contributed by atoms with van der Waals surface area (Å²) in [6, 6.07) is 14.4. The fourth-order valence-corrected chi connectivity index (χ4v) is 2.07. The maximum atomic E-state index is 12.2. The number of anilines is 2. The summed E-state index contributed by atoms with van der Waals surface area (Å²) in [6.07, 6.45) is 0. The third kappa shape index (κ3) is 3.80. The van der Waals surface area contributed by atoms with Crippen molar-refractivity contribution < 1.29 is 9.59 Å².